The fraction of sp³-hybridized carbons (Fsp3) is 0.281. The molecule has 0 amide bonds. The molecule has 1 aliphatic carbocycles. The molecule has 1 heterocycles. The second-order valence-electron chi connectivity index (χ2n) is 11.5. The van der Waals surface area contributed by atoms with Crippen LogP contribution in [-0.4, -0.2) is 4.98 Å². The monoisotopic (exact) mass is 509 g/mol. The Morgan fingerprint density at radius 3 is 1.71 bits per heavy atom. The van der Waals surface area contributed by atoms with Gasteiger partial charge in [0, 0.05) is 10.7 Å². The van der Waals surface area contributed by atoms with E-state index in [1.165, 1.54) is 38.9 Å². The molecule has 0 bridgehead atoms. The van der Waals surface area contributed by atoms with Gasteiger partial charge < -0.3 is 0 Å². The molecule has 0 aliphatic heterocycles. The van der Waals surface area contributed by atoms with E-state index in [2.05, 4.69) is 130 Å². The highest BCUT2D eigenvalue weighted by Crippen LogP contribution is 2.57. The van der Waals surface area contributed by atoms with Crippen LogP contribution in [0.3, 0.4) is 0 Å². The van der Waals surface area contributed by atoms with E-state index in [1.54, 1.807) is 0 Å². The first-order valence-corrected chi connectivity index (χ1v) is 12.8. The van der Waals surface area contributed by atoms with Crippen molar-refractivity contribution in [1.29, 1.82) is 0 Å². The van der Waals surface area contributed by atoms with E-state index in [0.29, 0.717) is 0 Å². The maximum Gasteiger partial charge on any atom is 0.0886 e. The third kappa shape index (κ3) is 3.55. The standard InChI is InChI=1S/C32H32BrN/c1-30(2,3)21-13-15-25-26-16-14-22(31(4,5)6)20-28(26)32(27(25)19-21,29-12-7-8-17-34-29)23-10-9-11-24(33)18-23/h7-20H,1-6H3. The van der Waals surface area contributed by atoms with Crippen LogP contribution in [0, 0.1) is 0 Å². The van der Waals surface area contributed by atoms with Gasteiger partial charge in [-0.3, -0.25) is 4.98 Å². The van der Waals surface area contributed by atoms with E-state index in [4.69, 9.17) is 4.98 Å². The Kier molecular flexibility index (Phi) is 5.37. The van der Waals surface area contributed by atoms with E-state index < -0.39 is 5.41 Å². The van der Waals surface area contributed by atoms with Gasteiger partial charge in [0.25, 0.3) is 0 Å². The highest BCUT2D eigenvalue weighted by atomic mass is 79.9. The molecule has 1 aromatic heterocycles. The number of hydrogen-bond acceptors (Lipinski definition) is 1. The summed E-state index contributed by atoms with van der Waals surface area (Å²) in [5, 5.41) is 0. The second kappa shape index (κ2) is 7.92. The summed E-state index contributed by atoms with van der Waals surface area (Å²) < 4.78 is 1.08. The summed E-state index contributed by atoms with van der Waals surface area (Å²) in [6, 6.07) is 29.2. The normalized spacial score (nSPS) is 14.6. The van der Waals surface area contributed by atoms with Crippen LogP contribution in [0.5, 0.6) is 0 Å². The van der Waals surface area contributed by atoms with Crippen LogP contribution in [0.25, 0.3) is 11.1 Å². The van der Waals surface area contributed by atoms with Crippen molar-refractivity contribution in [2.75, 3.05) is 0 Å². The van der Waals surface area contributed by atoms with Crippen LogP contribution in [0.15, 0.2) is 89.5 Å². The average molecular weight is 511 g/mol. The topological polar surface area (TPSA) is 12.9 Å². The zero-order chi connectivity index (χ0) is 24.3. The number of fused-ring (bicyclic) bond motifs is 3. The Labute approximate surface area is 212 Å². The van der Waals surface area contributed by atoms with Crippen molar-refractivity contribution in [3.05, 3.63) is 123 Å². The van der Waals surface area contributed by atoms with Gasteiger partial charge in [0.1, 0.15) is 0 Å². The molecule has 1 aliphatic rings. The van der Waals surface area contributed by atoms with E-state index >= 15 is 0 Å². The molecule has 5 rings (SSSR count). The Bertz CT molecular complexity index is 1310. The number of halogens is 1. The molecule has 0 fully saturated rings. The zero-order valence-corrected chi connectivity index (χ0v) is 22.5. The van der Waals surface area contributed by atoms with Gasteiger partial charge >= 0.3 is 0 Å². The van der Waals surface area contributed by atoms with Crippen molar-refractivity contribution in [3.8, 4) is 11.1 Å². The number of rotatable bonds is 2. The highest BCUT2D eigenvalue weighted by Gasteiger charge is 2.48. The molecule has 34 heavy (non-hydrogen) atoms. The third-order valence-electron chi connectivity index (χ3n) is 7.18. The van der Waals surface area contributed by atoms with Gasteiger partial charge in [-0.2, -0.15) is 0 Å². The van der Waals surface area contributed by atoms with Crippen molar-refractivity contribution in [1.82, 2.24) is 4.98 Å². The minimum atomic E-state index is -0.488. The molecule has 0 spiro atoms. The first kappa shape index (κ1) is 23.1. The minimum absolute atomic E-state index is 0.0491. The maximum atomic E-state index is 5.01. The first-order valence-electron chi connectivity index (χ1n) is 12.0. The van der Waals surface area contributed by atoms with Gasteiger partial charge in [-0.05, 0) is 74.0 Å². The molecule has 1 nitrogen and oxygen atoms in total. The molecular weight excluding hydrogens is 478 g/mol. The molecule has 2 heteroatoms. The summed E-state index contributed by atoms with van der Waals surface area (Å²) >= 11 is 3.76. The zero-order valence-electron chi connectivity index (χ0n) is 20.9. The SMILES string of the molecule is CC(C)(C)c1ccc2c(c1)C(c1cccc(Br)c1)(c1ccccn1)c1cc(C(C)(C)C)ccc1-2. The molecule has 0 atom stereocenters. The fourth-order valence-electron chi connectivity index (χ4n) is 5.30. The van der Waals surface area contributed by atoms with Gasteiger partial charge in [-0.1, -0.05) is 112 Å². The lowest BCUT2D eigenvalue weighted by molar-refractivity contribution is 0.585. The summed E-state index contributed by atoms with van der Waals surface area (Å²) in [5.41, 5.74) is 9.82. The predicted molar refractivity (Wildman–Crippen MR) is 147 cm³/mol. The summed E-state index contributed by atoms with van der Waals surface area (Å²) in [5.74, 6) is 0. The Balaban J connectivity index is 1.97. The number of benzene rings is 3. The number of aromatic nitrogens is 1. The lowest BCUT2D eigenvalue weighted by Crippen LogP contribution is -2.30. The van der Waals surface area contributed by atoms with E-state index in [9.17, 15) is 0 Å². The molecule has 0 N–H and O–H groups in total. The average Bonchev–Trinajstić information content (AvgIpc) is 3.08. The van der Waals surface area contributed by atoms with Crippen molar-refractivity contribution in [2.45, 2.75) is 57.8 Å². The van der Waals surface area contributed by atoms with Crippen molar-refractivity contribution < 1.29 is 0 Å². The Morgan fingerprint density at radius 1 is 0.647 bits per heavy atom. The van der Waals surface area contributed by atoms with Crippen LogP contribution in [0.1, 0.15) is 75.1 Å². The molecule has 0 saturated carbocycles. The number of pyridine rings is 1. The third-order valence-corrected chi connectivity index (χ3v) is 7.67. The summed E-state index contributed by atoms with van der Waals surface area (Å²) in [6.07, 6.45) is 1.92. The van der Waals surface area contributed by atoms with Crippen LogP contribution >= 0.6 is 15.9 Å². The van der Waals surface area contributed by atoms with Crippen molar-refractivity contribution in [3.63, 3.8) is 0 Å². The molecular formula is C32H32BrN. The molecule has 0 radical (unpaired) electrons. The maximum absolute atomic E-state index is 5.01. The van der Waals surface area contributed by atoms with Crippen LogP contribution in [0.4, 0.5) is 0 Å². The van der Waals surface area contributed by atoms with Crippen molar-refractivity contribution in [2.24, 2.45) is 0 Å². The molecule has 0 saturated heterocycles. The summed E-state index contributed by atoms with van der Waals surface area (Å²) in [7, 11) is 0. The lowest BCUT2D eigenvalue weighted by atomic mass is 9.68. The van der Waals surface area contributed by atoms with Gasteiger partial charge in [0.2, 0.25) is 0 Å². The van der Waals surface area contributed by atoms with Gasteiger partial charge in [-0.15, -0.1) is 0 Å². The van der Waals surface area contributed by atoms with E-state index in [1.807, 2.05) is 12.3 Å². The van der Waals surface area contributed by atoms with Crippen LogP contribution < -0.4 is 0 Å². The Morgan fingerprint density at radius 2 is 1.24 bits per heavy atom. The summed E-state index contributed by atoms with van der Waals surface area (Å²) in [4.78, 5) is 5.01. The van der Waals surface area contributed by atoms with Gasteiger partial charge in [0.15, 0.2) is 0 Å². The molecule has 0 unspecified atom stereocenters. The second-order valence-corrected chi connectivity index (χ2v) is 12.4. The van der Waals surface area contributed by atoms with Crippen LogP contribution in [0.2, 0.25) is 0 Å². The smallest absolute Gasteiger partial charge is 0.0886 e. The molecule has 172 valence electrons. The first-order chi connectivity index (χ1) is 16.0. The van der Waals surface area contributed by atoms with E-state index in [0.717, 1.165) is 10.2 Å². The number of hydrogen-bond donors (Lipinski definition) is 0. The molecule has 3 aromatic carbocycles. The fourth-order valence-corrected chi connectivity index (χ4v) is 5.70. The molecule has 4 aromatic rings. The summed E-state index contributed by atoms with van der Waals surface area (Å²) in [6.45, 7) is 13.7. The lowest BCUT2D eigenvalue weighted by Gasteiger charge is -2.34. The quantitative estimate of drug-likeness (QED) is 0.231. The van der Waals surface area contributed by atoms with Gasteiger partial charge in [-0.25, -0.2) is 0 Å². The van der Waals surface area contributed by atoms with Crippen molar-refractivity contribution >= 4 is 15.9 Å². The van der Waals surface area contributed by atoms with Crippen LogP contribution in [-0.2, 0) is 16.2 Å². The largest absolute Gasteiger partial charge is 0.260 e. The minimum Gasteiger partial charge on any atom is -0.260 e. The highest BCUT2D eigenvalue weighted by molar-refractivity contribution is 9.10. The number of nitrogens with zero attached hydrogens (tertiary/aromatic N) is 1. The van der Waals surface area contributed by atoms with Gasteiger partial charge in [0.05, 0.1) is 11.1 Å². The van der Waals surface area contributed by atoms with E-state index in [-0.39, 0.29) is 10.8 Å². The Hall–Kier alpha value is -2.71. The predicted octanol–water partition coefficient (Wildman–Crippen LogP) is 8.80.